The van der Waals surface area contributed by atoms with Gasteiger partial charge in [0.15, 0.2) is 0 Å². The molecule has 0 bridgehead atoms. The van der Waals surface area contributed by atoms with Crippen LogP contribution in [0.5, 0.6) is 5.75 Å². The molecule has 1 atom stereocenters. The maximum absolute atomic E-state index is 11.8. The van der Waals surface area contributed by atoms with Crippen LogP contribution in [0.3, 0.4) is 0 Å². The third kappa shape index (κ3) is 8.23. The van der Waals surface area contributed by atoms with Crippen LogP contribution in [0.25, 0.3) is 0 Å². The first-order chi connectivity index (χ1) is 14.0. The van der Waals surface area contributed by atoms with Gasteiger partial charge in [-0.1, -0.05) is 29.8 Å². The number of aryl methyl sites for hydroxylation is 1. The van der Waals surface area contributed by atoms with E-state index in [9.17, 15) is 9.59 Å². The fourth-order valence-electron chi connectivity index (χ4n) is 2.83. The SMILES string of the molecule is CN1CCOC(CNC(=O)c2ccc(O)cc2)C1.O=CCCc1ccccc1Cl. The van der Waals surface area contributed by atoms with E-state index in [1.165, 1.54) is 12.1 Å². The predicted octanol–water partition coefficient (Wildman–Crippen LogP) is 2.92. The molecule has 2 N–H and O–H groups in total. The van der Waals surface area contributed by atoms with Gasteiger partial charge >= 0.3 is 0 Å². The van der Waals surface area contributed by atoms with Crippen molar-refractivity contribution in [2.45, 2.75) is 18.9 Å². The van der Waals surface area contributed by atoms with Crippen molar-refractivity contribution in [2.75, 3.05) is 33.3 Å². The Balaban J connectivity index is 0.000000234. The second-order valence-corrected chi connectivity index (χ2v) is 7.22. The van der Waals surface area contributed by atoms with Gasteiger partial charge in [-0.15, -0.1) is 0 Å². The smallest absolute Gasteiger partial charge is 0.251 e. The number of carbonyl (C=O) groups is 2. The molecule has 1 unspecified atom stereocenters. The first-order valence-corrected chi connectivity index (χ1v) is 9.91. The van der Waals surface area contributed by atoms with Crippen LogP contribution in [0.4, 0.5) is 0 Å². The summed E-state index contributed by atoms with van der Waals surface area (Å²) in [6.07, 6.45) is 2.24. The van der Waals surface area contributed by atoms with E-state index in [1.54, 1.807) is 12.1 Å². The van der Waals surface area contributed by atoms with E-state index in [4.69, 9.17) is 21.4 Å². The lowest BCUT2D eigenvalue weighted by Gasteiger charge is -2.30. The molecule has 0 aliphatic carbocycles. The molecule has 1 heterocycles. The number of nitrogens with zero attached hydrogens (tertiary/aromatic N) is 1. The first-order valence-electron chi connectivity index (χ1n) is 9.54. The van der Waals surface area contributed by atoms with Gasteiger partial charge in [0.2, 0.25) is 0 Å². The second kappa shape index (κ2) is 12.2. The van der Waals surface area contributed by atoms with Gasteiger partial charge in [0.25, 0.3) is 5.91 Å². The number of amides is 1. The number of benzene rings is 2. The van der Waals surface area contributed by atoms with Gasteiger partial charge in [0.05, 0.1) is 12.7 Å². The Labute approximate surface area is 176 Å². The minimum atomic E-state index is -0.146. The van der Waals surface area contributed by atoms with Gasteiger partial charge in [-0.05, 0) is 49.4 Å². The molecule has 1 fully saturated rings. The molecule has 0 radical (unpaired) electrons. The van der Waals surface area contributed by atoms with Crippen LogP contribution in [0.15, 0.2) is 48.5 Å². The van der Waals surface area contributed by atoms with Gasteiger partial charge in [-0.25, -0.2) is 0 Å². The normalized spacial score (nSPS) is 16.4. The molecule has 6 nitrogen and oxygen atoms in total. The van der Waals surface area contributed by atoms with Crippen LogP contribution in [0.1, 0.15) is 22.3 Å². The molecule has 0 saturated carbocycles. The van der Waals surface area contributed by atoms with E-state index >= 15 is 0 Å². The Morgan fingerprint density at radius 3 is 2.66 bits per heavy atom. The average Bonchev–Trinajstić information content (AvgIpc) is 2.72. The highest BCUT2D eigenvalue weighted by Crippen LogP contribution is 2.15. The molecule has 3 rings (SSSR count). The van der Waals surface area contributed by atoms with Crippen molar-refractivity contribution < 1.29 is 19.4 Å². The van der Waals surface area contributed by atoms with E-state index in [1.807, 2.05) is 31.3 Å². The molecule has 1 aliphatic heterocycles. The molecular weight excluding hydrogens is 392 g/mol. The van der Waals surface area contributed by atoms with Crippen molar-refractivity contribution in [2.24, 2.45) is 0 Å². The summed E-state index contributed by atoms with van der Waals surface area (Å²) in [6.45, 7) is 2.97. The summed E-state index contributed by atoms with van der Waals surface area (Å²) in [5, 5.41) is 12.7. The molecule has 156 valence electrons. The maximum Gasteiger partial charge on any atom is 0.251 e. The van der Waals surface area contributed by atoms with Crippen LogP contribution < -0.4 is 5.32 Å². The number of halogens is 1. The number of aromatic hydroxyl groups is 1. The summed E-state index contributed by atoms with van der Waals surface area (Å²) in [5.41, 5.74) is 1.58. The summed E-state index contributed by atoms with van der Waals surface area (Å²) in [4.78, 5) is 24.0. The fraction of sp³-hybridized carbons (Fsp3) is 0.364. The second-order valence-electron chi connectivity index (χ2n) is 6.81. The monoisotopic (exact) mass is 418 g/mol. The zero-order chi connectivity index (χ0) is 21.1. The molecule has 0 spiro atoms. The summed E-state index contributed by atoms with van der Waals surface area (Å²) < 4.78 is 5.56. The Morgan fingerprint density at radius 1 is 1.28 bits per heavy atom. The summed E-state index contributed by atoms with van der Waals surface area (Å²) >= 11 is 5.84. The van der Waals surface area contributed by atoms with E-state index in [-0.39, 0.29) is 17.8 Å². The largest absolute Gasteiger partial charge is 0.508 e. The molecular formula is C22H27ClN2O4. The van der Waals surface area contributed by atoms with Crippen molar-refractivity contribution in [1.82, 2.24) is 10.2 Å². The highest BCUT2D eigenvalue weighted by Gasteiger charge is 2.18. The lowest BCUT2D eigenvalue weighted by atomic mass is 10.1. The standard InChI is InChI=1S/C13H18N2O3.C9H9ClO/c1-15-6-7-18-12(9-15)8-14-13(17)10-2-4-11(16)5-3-10;10-9-6-2-1-4-8(9)5-3-7-11/h2-5,12,16H,6-9H2,1H3,(H,14,17);1-2,4,6-7H,3,5H2. The van der Waals surface area contributed by atoms with E-state index in [0.29, 0.717) is 25.1 Å². The minimum absolute atomic E-state index is 0.0461. The Hall–Kier alpha value is -2.41. The molecule has 29 heavy (non-hydrogen) atoms. The number of aldehydes is 1. The zero-order valence-electron chi connectivity index (χ0n) is 16.5. The number of ether oxygens (including phenoxy) is 1. The maximum atomic E-state index is 11.8. The zero-order valence-corrected chi connectivity index (χ0v) is 17.3. The number of hydrogen-bond acceptors (Lipinski definition) is 5. The van der Waals surface area contributed by atoms with Gasteiger partial charge < -0.3 is 24.9 Å². The minimum Gasteiger partial charge on any atom is -0.508 e. The van der Waals surface area contributed by atoms with Crippen LogP contribution >= 0.6 is 11.6 Å². The molecule has 7 heteroatoms. The summed E-state index contributed by atoms with van der Waals surface area (Å²) in [6, 6.07) is 13.8. The number of morpholine rings is 1. The van der Waals surface area contributed by atoms with E-state index in [0.717, 1.165) is 36.4 Å². The van der Waals surface area contributed by atoms with E-state index < -0.39 is 0 Å². The Morgan fingerprint density at radius 2 is 2.00 bits per heavy atom. The van der Waals surface area contributed by atoms with Crippen molar-refractivity contribution in [1.29, 1.82) is 0 Å². The van der Waals surface area contributed by atoms with Gasteiger partial charge in [0.1, 0.15) is 12.0 Å². The highest BCUT2D eigenvalue weighted by molar-refractivity contribution is 6.31. The van der Waals surface area contributed by atoms with E-state index in [2.05, 4.69) is 10.2 Å². The lowest BCUT2D eigenvalue weighted by Crippen LogP contribution is -2.45. The van der Waals surface area contributed by atoms with Crippen molar-refractivity contribution in [3.63, 3.8) is 0 Å². The molecule has 0 aromatic heterocycles. The van der Waals surface area contributed by atoms with Gasteiger partial charge in [-0.2, -0.15) is 0 Å². The third-order valence-electron chi connectivity index (χ3n) is 4.45. The molecule has 1 amide bonds. The third-order valence-corrected chi connectivity index (χ3v) is 4.82. The molecule has 2 aromatic rings. The van der Waals surface area contributed by atoms with Gasteiger partial charge in [0, 0.05) is 36.6 Å². The number of phenolic OH excluding ortho intramolecular Hbond substituents is 1. The summed E-state index contributed by atoms with van der Waals surface area (Å²) in [7, 11) is 2.04. The van der Waals surface area contributed by atoms with Crippen LogP contribution in [0.2, 0.25) is 5.02 Å². The number of rotatable bonds is 6. The Bertz CT molecular complexity index is 783. The number of likely N-dealkylation sites (N-methyl/N-ethyl adjacent to an activating group) is 1. The lowest BCUT2D eigenvalue weighted by molar-refractivity contribution is -0.107. The van der Waals surface area contributed by atoms with Crippen molar-refractivity contribution in [3.05, 3.63) is 64.7 Å². The molecule has 2 aromatic carbocycles. The van der Waals surface area contributed by atoms with Crippen molar-refractivity contribution in [3.8, 4) is 5.75 Å². The number of phenols is 1. The number of hydrogen-bond donors (Lipinski definition) is 2. The van der Waals surface area contributed by atoms with Crippen LogP contribution in [0, 0.1) is 0 Å². The van der Waals surface area contributed by atoms with Crippen molar-refractivity contribution >= 4 is 23.8 Å². The highest BCUT2D eigenvalue weighted by atomic mass is 35.5. The topological polar surface area (TPSA) is 78.9 Å². The first kappa shape index (κ1) is 22.9. The van der Waals surface area contributed by atoms with Crippen LogP contribution in [-0.2, 0) is 16.0 Å². The quantitative estimate of drug-likeness (QED) is 0.705. The predicted molar refractivity (Wildman–Crippen MR) is 114 cm³/mol. The van der Waals surface area contributed by atoms with Crippen LogP contribution in [-0.4, -0.2) is 61.6 Å². The molecule has 1 aliphatic rings. The average molecular weight is 419 g/mol. The number of nitrogens with one attached hydrogen (secondary N) is 1. The van der Waals surface area contributed by atoms with Gasteiger partial charge in [-0.3, -0.25) is 4.79 Å². The number of carbonyl (C=O) groups excluding carboxylic acids is 2. The molecule has 1 saturated heterocycles. The summed E-state index contributed by atoms with van der Waals surface area (Å²) in [5.74, 6) is 0.00983. The fourth-order valence-corrected chi connectivity index (χ4v) is 3.06. The Kier molecular flexibility index (Phi) is 9.64.